The van der Waals surface area contributed by atoms with Crippen molar-refractivity contribution in [2.75, 3.05) is 6.61 Å². The third-order valence-corrected chi connectivity index (χ3v) is 1.76. The Labute approximate surface area is 75.8 Å². The van der Waals surface area contributed by atoms with Gasteiger partial charge in [0.25, 0.3) is 0 Å². The van der Waals surface area contributed by atoms with Crippen LogP contribution in [0, 0.1) is 5.82 Å². The summed E-state index contributed by atoms with van der Waals surface area (Å²) in [6, 6.07) is 4.41. The number of aliphatic hydroxyl groups is 1. The molecule has 0 aliphatic heterocycles. The summed E-state index contributed by atoms with van der Waals surface area (Å²) in [5.41, 5.74) is 0.828. The van der Waals surface area contributed by atoms with E-state index in [0.717, 1.165) is 5.56 Å². The van der Waals surface area contributed by atoms with Gasteiger partial charge in [-0.1, -0.05) is 11.6 Å². The third-order valence-electron chi connectivity index (χ3n) is 1.55. The minimum Gasteiger partial charge on any atom is -0.396 e. The number of aryl methyl sites for hydroxylation is 1. The van der Waals surface area contributed by atoms with E-state index in [0.29, 0.717) is 17.9 Å². The first-order valence-corrected chi connectivity index (χ1v) is 4.16. The van der Waals surface area contributed by atoms with E-state index in [9.17, 15) is 4.39 Å². The van der Waals surface area contributed by atoms with Crippen LogP contribution in [-0.4, -0.2) is 11.7 Å². The first-order valence-electron chi connectivity index (χ1n) is 3.78. The summed E-state index contributed by atoms with van der Waals surface area (Å²) in [6.07, 6.45) is 1.30. The van der Waals surface area contributed by atoms with Gasteiger partial charge in [-0.2, -0.15) is 0 Å². The van der Waals surface area contributed by atoms with Crippen LogP contribution in [0.1, 0.15) is 12.0 Å². The second kappa shape index (κ2) is 4.43. The summed E-state index contributed by atoms with van der Waals surface area (Å²) >= 11 is 5.63. The molecule has 0 aliphatic rings. The first-order chi connectivity index (χ1) is 5.72. The first kappa shape index (κ1) is 9.49. The lowest BCUT2D eigenvalue weighted by Crippen LogP contribution is -1.90. The zero-order valence-corrected chi connectivity index (χ0v) is 7.31. The molecule has 0 aliphatic carbocycles. The van der Waals surface area contributed by atoms with E-state index in [1.807, 2.05) is 0 Å². The summed E-state index contributed by atoms with van der Waals surface area (Å²) in [4.78, 5) is 0. The molecule has 12 heavy (non-hydrogen) atoms. The van der Waals surface area contributed by atoms with Gasteiger partial charge in [0.05, 0.1) is 0 Å². The molecule has 0 radical (unpaired) electrons. The molecule has 0 heterocycles. The van der Waals surface area contributed by atoms with Crippen LogP contribution in [0.3, 0.4) is 0 Å². The predicted octanol–water partition coefficient (Wildman–Crippen LogP) is 2.40. The summed E-state index contributed by atoms with van der Waals surface area (Å²) < 4.78 is 12.7. The zero-order valence-electron chi connectivity index (χ0n) is 6.56. The van der Waals surface area contributed by atoms with Crippen LogP contribution < -0.4 is 0 Å². The summed E-state index contributed by atoms with van der Waals surface area (Å²) in [5, 5.41) is 8.94. The van der Waals surface area contributed by atoms with Crippen molar-refractivity contribution in [1.29, 1.82) is 0 Å². The highest BCUT2D eigenvalue weighted by Crippen LogP contribution is 2.15. The van der Waals surface area contributed by atoms with Gasteiger partial charge in [-0.05, 0) is 36.6 Å². The Kier molecular flexibility index (Phi) is 3.50. The Morgan fingerprint density at radius 2 is 2.08 bits per heavy atom. The molecule has 1 rings (SSSR count). The fourth-order valence-electron chi connectivity index (χ4n) is 1.04. The molecule has 0 bridgehead atoms. The molecule has 1 N–H and O–H groups in total. The summed E-state index contributed by atoms with van der Waals surface area (Å²) in [6.45, 7) is 0.119. The van der Waals surface area contributed by atoms with Crippen LogP contribution in [0.5, 0.6) is 0 Å². The number of halogens is 2. The molecule has 66 valence electrons. The maximum atomic E-state index is 12.7. The van der Waals surface area contributed by atoms with Crippen LogP contribution in [-0.2, 0) is 6.42 Å². The average molecular weight is 189 g/mol. The van der Waals surface area contributed by atoms with Gasteiger partial charge in [0.2, 0.25) is 0 Å². The second-order valence-electron chi connectivity index (χ2n) is 2.60. The Balaban J connectivity index is 2.72. The lowest BCUT2D eigenvalue weighted by Gasteiger charge is -2.00. The van der Waals surface area contributed by atoms with Crippen molar-refractivity contribution < 1.29 is 9.50 Å². The van der Waals surface area contributed by atoms with Gasteiger partial charge >= 0.3 is 0 Å². The Hall–Kier alpha value is -0.600. The van der Waals surface area contributed by atoms with Crippen molar-refractivity contribution in [3.63, 3.8) is 0 Å². The maximum Gasteiger partial charge on any atom is 0.124 e. The van der Waals surface area contributed by atoms with Crippen LogP contribution in [0.15, 0.2) is 18.2 Å². The Morgan fingerprint density at radius 1 is 1.33 bits per heavy atom. The number of benzene rings is 1. The van der Waals surface area contributed by atoms with E-state index in [-0.39, 0.29) is 12.4 Å². The van der Waals surface area contributed by atoms with E-state index in [1.165, 1.54) is 12.1 Å². The van der Waals surface area contributed by atoms with Gasteiger partial charge in [0.15, 0.2) is 0 Å². The van der Waals surface area contributed by atoms with Crippen LogP contribution in [0.2, 0.25) is 5.02 Å². The number of aliphatic hydroxyl groups excluding tert-OH is 1. The van der Waals surface area contributed by atoms with Crippen molar-refractivity contribution in [1.82, 2.24) is 0 Å². The smallest absolute Gasteiger partial charge is 0.124 e. The Bertz CT molecular complexity index is 242. The molecule has 0 saturated heterocycles. The Morgan fingerprint density at radius 3 is 2.67 bits per heavy atom. The van der Waals surface area contributed by atoms with Crippen molar-refractivity contribution >= 4 is 11.6 Å². The number of hydrogen-bond acceptors (Lipinski definition) is 1. The van der Waals surface area contributed by atoms with Crippen molar-refractivity contribution in [2.45, 2.75) is 12.8 Å². The van der Waals surface area contributed by atoms with E-state index < -0.39 is 0 Å². The van der Waals surface area contributed by atoms with Crippen LogP contribution >= 0.6 is 11.6 Å². The van der Waals surface area contributed by atoms with E-state index in [2.05, 4.69) is 0 Å². The van der Waals surface area contributed by atoms with Gasteiger partial charge in [-0.15, -0.1) is 0 Å². The number of rotatable bonds is 3. The molecule has 1 aromatic rings. The summed E-state index contributed by atoms with van der Waals surface area (Å²) in [7, 11) is 0. The highest BCUT2D eigenvalue weighted by Gasteiger charge is 1.98. The van der Waals surface area contributed by atoms with Gasteiger partial charge in [-0.3, -0.25) is 0 Å². The molecular formula is C9H10ClFO. The van der Waals surface area contributed by atoms with Crippen LogP contribution in [0.25, 0.3) is 0 Å². The quantitative estimate of drug-likeness (QED) is 0.773. The van der Waals surface area contributed by atoms with Crippen molar-refractivity contribution in [3.05, 3.63) is 34.6 Å². The molecule has 0 aromatic heterocycles. The molecule has 0 unspecified atom stereocenters. The molecule has 3 heteroatoms. The highest BCUT2D eigenvalue weighted by atomic mass is 35.5. The van der Waals surface area contributed by atoms with Gasteiger partial charge in [-0.25, -0.2) is 4.39 Å². The molecule has 1 aromatic carbocycles. The standard InChI is InChI=1S/C9H10ClFO/c10-8-4-7(2-1-3-12)5-9(11)6-8/h4-6,12H,1-3H2. The summed E-state index contributed by atoms with van der Waals surface area (Å²) in [5.74, 6) is -0.324. The minimum atomic E-state index is -0.324. The molecule has 0 spiro atoms. The van der Waals surface area contributed by atoms with Gasteiger partial charge < -0.3 is 5.11 Å². The SMILES string of the molecule is OCCCc1cc(F)cc(Cl)c1. The van der Waals surface area contributed by atoms with Crippen molar-refractivity contribution in [3.8, 4) is 0 Å². The van der Waals surface area contributed by atoms with E-state index >= 15 is 0 Å². The zero-order chi connectivity index (χ0) is 8.97. The van der Waals surface area contributed by atoms with Crippen LogP contribution in [0.4, 0.5) is 4.39 Å². The largest absolute Gasteiger partial charge is 0.396 e. The van der Waals surface area contributed by atoms with Gasteiger partial charge in [0.1, 0.15) is 5.82 Å². The highest BCUT2D eigenvalue weighted by molar-refractivity contribution is 6.30. The monoisotopic (exact) mass is 188 g/mol. The molecule has 0 atom stereocenters. The fourth-order valence-corrected chi connectivity index (χ4v) is 1.28. The second-order valence-corrected chi connectivity index (χ2v) is 3.04. The predicted molar refractivity (Wildman–Crippen MR) is 46.8 cm³/mol. The molecular weight excluding hydrogens is 179 g/mol. The lowest BCUT2D eigenvalue weighted by molar-refractivity contribution is 0.288. The maximum absolute atomic E-state index is 12.7. The van der Waals surface area contributed by atoms with Crippen molar-refractivity contribution in [2.24, 2.45) is 0 Å². The van der Waals surface area contributed by atoms with E-state index in [4.69, 9.17) is 16.7 Å². The van der Waals surface area contributed by atoms with E-state index in [1.54, 1.807) is 6.07 Å². The molecule has 1 nitrogen and oxygen atoms in total. The minimum absolute atomic E-state index is 0.119. The number of hydrogen-bond donors (Lipinski definition) is 1. The topological polar surface area (TPSA) is 20.2 Å². The molecule has 0 fully saturated rings. The lowest BCUT2D eigenvalue weighted by atomic mass is 10.1. The average Bonchev–Trinajstić information content (AvgIpc) is 1.99. The molecule has 0 amide bonds. The third kappa shape index (κ3) is 2.80. The molecule has 0 saturated carbocycles. The fraction of sp³-hybridized carbons (Fsp3) is 0.333. The van der Waals surface area contributed by atoms with Gasteiger partial charge in [0, 0.05) is 11.6 Å². The normalized spacial score (nSPS) is 10.2.